The molecule has 1 atom stereocenters. The summed E-state index contributed by atoms with van der Waals surface area (Å²) in [5.74, 6) is 1.00. The lowest BCUT2D eigenvalue weighted by atomic mass is 9.85. The van der Waals surface area contributed by atoms with Crippen molar-refractivity contribution in [2.45, 2.75) is 45.1 Å². The first kappa shape index (κ1) is 21.3. The van der Waals surface area contributed by atoms with Crippen LogP contribution in [0.1, 0.15) is 39.0 Å². The van der Waals surface area contributed by atoms with Gasteiger partial charge in [0.25, 0.3) is 0 Å². The summed E-state index contributed by atoms with van der Waals surface area (Å²) in [6.45, 7) is 4.67. The highest BCUT2D eigenvalue weighted by Gasteiger charge is 2.42. The minimum atomic E-state index is -0.384. The van der Waals surface area contributed by atoms with Crippen molar-refractivity contribution in [2.24, 2.45) is 10.4 Å². The molecule has 1 saturated heterocycles. The number of anilines is 1. The van der Waals surface area contributed by atoms with Crippen LogP contribution in [0.3, 0.4) is 0 Å². The molecule has 160 valence electrons. The Bertz CT molecular complexity index is 732. The fourth-order valence-corrected chi connectivity index (χ4v) is 4.39. The van der Waals surface area contributed by atoms with Gasteiger partial charge in [0.2, 0.25) is 5.91 Å². The molecular weight excluding hydrogens is 371 g/mol. The van der Waals surface area contributed by atoms with Gasteiger partial charge in [-0.25, -0.2) is 9.37 Å². The molecule has 0 bridgehead atoms. The summed E-state index contributed by atoms with van der Waals surface area (Å²) in [6.07, 6.45) is 6.43. The lowest BCUT2D eigenvalue weighted by molar-refractivity contribution is -0.138. The van der Waals surface area contributed by atoms with E-state index in [1.807, 2.05) is 25.9 Å². The number of nitrogens with one attached hydrogen (secondary N) is 2. The van der Waals surface area contributed by atoms with Crippen LogP contribution in [0.5, 0.6) is 0 Å². The van der Waals surface area contributed by atoms with E-state index in [2.05, 4.69) is 15.6 Å². The first-order chi connectivity index (χ1) is 13.9. The van der Waals surface area contributed by atoms with Gasteiger partial charge in [0, 0.05) is 46.0 Å². The molecule has 7 nitrogen and oxygen atoms in total. The number of rotatable bonds is 6. The molecule has 2 fully saturated rings. The molecule has 1 aromatic heterocycles. The van der Waals surface area contributed by atoms with Crippen LogP contribution in [0.4, 0.5) is 10.2 Å². The second-order valence-corrected chi connectivity index (χ2v) is 8.27. The number of guanidine groups is 1. The minimum Gasteiger partial charge on any atom is -0.357 e. The SMILES string of the molecule is CCNC(=NCC1(C(=O)N(C)C)CCCC1)NC1CCN(c2ncccc2F)C1. The van der Waals surface area contributed by atoms with Crippen LogP contribution in [-0.4, -0.2) is 68.1 Å². The van der Waals surface area contributed by atoms with Gasteiger partial charge in [0.05, 0.1) is 12.0 Å². The van der Waals surface area contributed by atoms with Gasteiger partial charge in [0.15, 0.2) is 17.6 Å². The molecule has 3 rings (SSSR count). The average Bonchev–Trinajstić information content (AvgIpc) is 3.36. The molecule has 1 aliphatic carbocycles. The fraction of sp³-hybridized carbons (Fsp3) is 0.667. The molecule has 2 heterocycles. The van der Waals surface area contributed by atoms with Crippen molar-refractivity contribution in [1.82, 2.24) is 20.5 Å². The van der Waals surface area contributed by atoms with Crippen molar-refractivity contribution in [1.29, 1.82) is 0 Å². The third kappa shape index (κ3) is 4.97. The Balaban J connectivity index is 1.65. The normalized spacial score (nSPS) is 21.3. The van der Waals surface area contributed by atoms with Crippen LogP contribution in [0.15, 0.2) is 23.3 Å². The number of aliphatic imine (C=N–C) groups is 1. The Morgan fingerprint density at radius 3 is 2.83 bits per heavy atom. The molecule has 2 aliphatic rings. The summed E-state index contributed by atoms with van der Waals surface area (Å²) in [4.78, 5) is 25.4. The van der Waals surface area contributed by atoms with Crippen molar-refractivity contribution in [2.75, 3.05) is 45.2 Å². The Kier molecular flexibility index (Phi) is 6.92. The second kappa shape index (κ2) is 9.41. The summed E-state index contributed by atoms with van der Waals surface area (Å²) < 4.78 is 14.0. The first-order valence-electron chi connectivity index (χ1n) is 10.6. The van der Waals surface area contributed by atoms with Crippen LogP contribution >= 0.6 is 0 Å². The van der Waals surface area contributed by atoms with E-state index in [0.29, 0.717) is 18.9 Å². The minimum absolute atomic E-state index is 0.151. The highest BCUT2D eigenvalue weighted by molar-refractivity contribution is 5.84. The van der Waals surface area contributed by atoms with E-state index in [4.69, 9.17) is 4.99 Å². The van der Waals surface area contributed by atoms with Crippen molar-refractivity contribution >= 4 is 17.7 Å². The molecule has 1 aliphatic heterocycles. The number of carbonyl (C=O) groups excluding carboxylic acids is 1. The molecule has 2 N–H and O–H groups in total. The first-order valence-corrected chi connectivity index (χ1v) is 10.6. The molecule has 1 saturated carbocycles. The molecule has 0 radical (unpaired) electrons. The lowest BCUT2D eigenvalue weighted by Gasteiger charge is -2.29. The Labute approximate surface area is 172 Å². The van der Waals surface area contributed by atoms with E-state index < -0.39 is 0 Å². The standard InChI is InChI=1S/C21H33FN6O/c1-4-23-20(25-15-21(10-5-6-11-21)19(29)27(2)3)26-16-9-13-28(14-16)18-17(22)8-7-12-24-18/h7-8,12,16H,4-6,9-11,13-15H2,1-3H3,(H2,23,25,26). The molecule has 1 unspecified atom stereocenters. The zero-order valence-electron chi connectivity index (χ0n) is 17.7. The van der Waals surface area contributed by atoms with Crippen molar-refractivity contribution < 1.29 is 9.18 Å². The number of halogens is 1. The summed E-state index contributed by atoms with van der Waals surface area (Å²) >= 11 is 0. The van der Waals surface area contributed by atoms with Gasteiger partial charge in [0.1, 0.15) is 0 Å². The van der Waals surface area contributed by atoms with E-state index >= 15 is 0 Å². The molecule has 1 aromatic rings. The van der Waals surface area contributed by atoms with Gasteiger partial charge in [-0.05, 0) is 38.3 Å². The molecule has 0 aromatic carbocycles. The van der Waals surface area contributed by atoms with E-state index in [0.717, 1.165) is 51.2 Å². The number of pyridine rings is 1. The average molecular weight is 405 g/mol. The summed E-state index contributed by atoms with van der Waals surface area (Å²) in [5, 5.41) is 6.76. The van der Waals surface area contributed by atoms with Crippen molar-refractivity contribution in [3.63, 3.8) is 0 Å². The van der Waals surface area contributed by atoms with E-state index in [1.165, 1.54) is 6.07 Å². The topological polar surface area (TPSA) is 72.9 Å². The molecule has 29 heavy (non-hydrogen) atoms. The van der Waals surface area contributed by atoms with Gasteiger partial charge in [-0.2, -0.15) is 0 Å². The summed E-state index contributed by atoms with van der Waals surface area (Å²) in [6, 6.07) is 3.20. The molecular formula is C21H33FN6O. The molecule has 0 spiro atoms. The largest absolute Gasteiger partial charge is 0.357 e. The van der Waals surface area contributed by atoms with Crippen LogP contribution in [-0.2, 0) is 4.79 Å². The Morgan fingerprint density at radius 2 is 2.17 bits per heavy atom. The smallest absolute Gasteiger partial charge is 0.230 e. The zero-order chi connectivity index (χ0) is 20.9. The van der Waals surface area contributed by atoms with Crippen LogP contribution in [0.2, 0.25) is 0 Å². The third-order valence-electron chi connectivity index (χ3n) is 5.87. The number of carbonyl (C=O) groups is 1. The number of aromatic nitrogens is 1. The Hall–Kier alpha value is -2.38. The second-order valence-electron chi connectivity index (χ2n) is 8.27. The molecule has 1 amide bonds. The summed E-state index contributed by atoms with van der Waals surface area (Å²) in [7, 11) is 3.64. The maximum absolute atomic E-state index is 14.0. The quantitative estimate of drug-likeness (QED) is 0.561. The Morgan fingerprint density at radius 1 is 1.41 bits per heavy atom. The van der Waals surface area contributed by atoms with Gasteiger partial charge in [-0.3, -0.25) is 9.79 Å². The van der Waals surface area contributed by atoms with Gasteiger partial charge in [-0.15, -0.1) is 0 Å². The van der Waals surface area contributed by atoms with Crippen molar-refractivity contribution in [3.8, 4) is 0 Å². The highest BCUT2D eigenvalue weighted by atomic mass is 19.1. The fourth-order valence-electron chi connectivity index (χ4n) is 4.39. The predicted octanol–water partition coefficient (Wildman–Crippen LogP) is 2.00. The monoisotopic (exact) mass is 404 g/mol. The maximum Gasteiger partial charge on any atom is 0.230 e. The van der Waals surface area contributed by atoms with Crippen LogP contribution in [0, 0.1) is 11.2 Å². The summed E-state index contributed by atoms with van der Waals surface area (Å²) in [5.41, 5.74) is -0.384. The maximum atomic E-state index is 14.0. The lowest BCUT2D eigenvalue weighted by Crippen LogP contribution is -2.46. The molecule has 8 heteroatoms. The van der Waals surface area contributed by atoms with Crippen LogP contribution in [0.25, 0.3) is 0 Å². The number of amides is 1. The number of hydrogen-bond donors (Lipinski definition) is 2. The van der Waals surface area contributed by atoms with E-state index in [-0.39, 0.29) is 23.2 Å². The predicted molar refractivity (Wildman–Crippen MR) is 114 cm³/mol. The van der Waals surface area contributed by atoms with Gasteiger partial charge in [-0.1, -0.05) is 12.8 Å². The highest BCUT2D eigenvalue weighted by Crippen LogP contribution is 2.39. The van der Waals surface area contributed by atoms with E-state index in [9.17, 15) is 9.18 Å². The van der Waals surface area contributed by atoms with Gasteiger partial charge >= 0.3 is 0 Å². The van der Waals surface area contributed by atoms with Crippen LogP contribution < -0.4 is 15.5 Å². The number of hydrogen-bond acceptors (Lipinski definition) is 4. The van der Waals surface area contributed by atoms with Gasteiger partial charge < -0.3 is 20.4 Å². The van der Waals surface area contributed by atoms with E-state index in [1.54, 1.807) is 17.2 Å². The van der Waals surface area contributed by atoms with Crippen molar-refractivity contribution in [3.05, 3.63) is 24.1 Å². The third-order valence-corrected chi connectivity index (χ3v) is 5.87. The zero-order valence-corrected chi connectivity index (χ0v) is 17.7. The number of nitrogens with zero attached hydrogens (tertiary/aromatic N) is 4.